The first-order chi connectivity index (χ1) is 8.11. The Morgan fingerprint density at radius 3 is 2.61 bits per heavy atom. The molecule has 1 fully saturated rings. The molecule has 0 spiro atoms. The molecule has 1 rings (SSSR count). The summed E-state index contributed by atoms with van der Waals surface area (Å²) in [6, 6.07) is 0. The molecule has 104 valence electrons. The van der Waals surface area contributed by atoms with Gasteiger partial charge in [-0.05, 0) is 19.8 Å². The molecule has 1 heterocycles. The largest absolute Gasteiger partial charge is 0.388 e. The first-order valence-corrected chi connectivity index (χ1v) is 5.78. The molecule has 0 aromatic rings. The van der Waals surface area contributed by atoms with E-state index in [1.807, 2.05) is 0 Å². The van der Waals surface area contributed by atoms with Crippen molar-refractivity contribution in [1.82, 2.24) is 4.90 Å². The van der Waals surface area contributed by atoms with Crippen LogP contribution >= 0.6 is 0 Å². The second kappa shape index (κ2) is 5.17. The van der Waals surface area contributed by atoms with Gasteiger partial charge in [0, 0.05) is 13.1 Å². The molecule has 1 saturated heterocycles. The molecule has 0 bridgehead atoms. The lowest BCUT2D eigenvalue weighted by Gasteiger charge is -2.39. The Labute approximate surface area is 104 Å². The Bertz CT molecular complexity index is 344. The van der Waals surface area contributed by atoms with Crippen molar-refractivity contribution in [2.24, 2.45) is 5.73 Å². The van der Waals surface area contributed by atoms with Crippen LogP contribution in [-0.4, -0.2) is 46.4 Å². The summed E-state index contributed by atoms with van der Waals surface area (Å²) in [6.07, 6.45) is -0.355. The summed E-state index contributed by atoms with van der Waals surface area (Å²) in [5.41, 5.74) is 3.62. The van der Waals surface area contributed by atoms with Crippen LogP contribution in [0, 0.1) is 0 Å². The van der Waals surface area contributed by atoms with Gasteiger partial charge in [-0.2, -0.15) is 0 Å². The number of carbonyl (C=O) groups is 2. The molecule has 0 radical (unpaired) electrons. The maximum atomic E-state index is 12.7. The highest BCUT2D eigenvalue weighted by atomic mass is 19.3. The Morgan fingerprint density at radius 2 is 2.11 bits per heavy atom. The molecule has 5 nitrogen and oxygen atoms in total. The Hall–Kier alpha value is -1.24. The van der Waals surface area contributed by atoms with E-state index in [4.69, 9.17) is 5.73 Å². The number of primary amides is 1. The third-order valence-corrected chi connectivity index (χ3v) is 2.87. The zero-order chi connectivity index (χ0) is 14.0. The number of β-amino-alcohol motifs (C(OH)–C–C–N with tert-alkyl or cyclic N) is 1. The average molecular weight is 264 g/mol. The molecule has 2 amide bonds. The number of piperidine rings is 1. The Morgan fingerprint density at radius 1 is 1.50 bits per heavy atom. The molecular weight excluding hydrogens is 246 g/mol. The van der Waals surface area contributed by atoms with E-state index < -0.39 is 29.8 Å². The van der Waals surface area contributed by atoms with Crippen LogP contribution in [0.3, 0.4) is 0 Å². The van der Waals surface area contributed by atoms with Crippen LogP contribution in [-0.2, 0) is 9.59 Å². The van der Waals surface area contributed by atoms with Crippen LogP contribution < -0.4 is 5.73 Å². The van der Waals surface area contributed by atoms with E-state index in [0.29, 0.717) is 26.3 Å². The van der Waals surface area contributed by atoms with E-state index in [9.17, 15) is 23.5 Å². The minimum atomic E-state index is -3.07. The first-order valence-electron chi connectivity index (χ1n) is 5.78. The summed E-state index contributed by atoms with van der Waals surface area (Å²) < 4.78 is 25.5. The zero-order valence-electron chi connectivity index (χ0n) is 10.3. The van der Waals surface area contributed by atoms with Gasteiger partial charge in [0.05, 0.1) is 18.4 Å². The number of hydrogen-bond donors (Lipinski definition) is 2. The normalized spacial score (nSPS) is 25.0. The molecule has 1 aliphatic heterocycles. The van der Waals surface area contributed by atoms with Crippen molar-refractivity contribution in [3.05, 3.63) is 0 Å². The van der Waals surface area contributed by atoms with Crippen LogP contribution in [0.2, 0.25) is 0 Å². The monoisotopic (exact) mass is 264 g/mol. The number of amides is 2. The summed E-state index contributed by atoms with van der Waals surface area (Å²) in [7, 11) is 0. The second-order valence-corrected chi connectivity index (χ2v) is 5.03. The molecule has 18 heavy (non-hydrogen) atoms. The number of carbonyl (C=O) groups excluding carboxylic acids is 2. The predicted molar refractivity (Wildman–Crippen MR) is 59.8 cm³/mol. The molecule has 0 aromatic heterocycles. The predicted octanol–water partition coefficient (Wildman–Crippen LogP) is 0.261. The fraction of sp³-hybridized carbons (Fsp3) is 0.818. The van der Waals surface area contributed by atoms with Crippen molar-refractivity contribution in [3.8, 4) is 0 Å². The van der Waals surface area contributed by atoms with E-state index in [2.05, 4.69) is 0 Å². The van der Waals surface area contributed by atoms with Crippen molar-refractivity contribution in [2.75, 3.05) is 13.1 Å². The van der Waals surface area contributed by atoms with Gasteiger partial charge >= 0.3 is 0 Å². The van der Waals surface area contributed by atoms with E-state index in [-0.39, 0.29) is 13.0 Å². The number of rotatable bonds is 4. The lowest BCUT2D eigenvalue weighted by molar-refractivity contribution is -0.147. The van der Waals surface area contributed by atoms with Gasteiger partial charge in [0.1, 0.15) is 0 Å². The number of aliphatic hydroxyl groups is 1. The topological polar surface area (TPSA) is 83.6 Å². The second-order valence-electron chi connectivity index (χ2n) is 5.03. The smallest absolute Gasteiger partial charge is 0.254 e. The molecule has 0 aliphatic carbocycles. The van der Waals surface area contributed by atoms with Gasteiger partial charge in [0.25, 0.3) is 5.92 Å². The number of nitrogens with two attached hydrogens (primary N) is 1. The molecule has 1 unspecified atom stereocenters. The molecular formula is C11H18F2N2O3. The molecule has 3 N–H and O–H groups in total. The summed E-state index contributed by atoms with van der Waals surface area (Å²) in [5.74, 6) is -4.46. The minimum absolute atomic E-state index is 0.120. The third-order valence-electron chi connectivity index (χ3n) is 2.87. The van der Waals surface area contributed by atoms with Crippen LogP contribution in [0.1, 0.15) is 32.6 Å². The number of hydrogen-bond acceptors (Lipinski definition) is 3. The van der Waals surface area contributed by atoms with Gasteiger partial charge in [0.2, 0.25) is 11.8 Å². The summed E-state index contributed by atoms with van der Waals surface area (Å²) in [6.45, 7) is 0.866. The molecule has 0 saturated carbocycles. The van der Waals surface area contributed by atoms with E-state index in [1.165, 1.54) is 4.90 Å². The van der Waals surface area contributed by atoms with Gasteiger partial charge in [-0.25, -0.2) is 8.78 Å². The first kappa shape index (κ1) is 14.8. The van der Waals surface area contributed by atoms with Crippen molar-refractivity contribution in [1.29, 1.82) is 0 Å². The number of halogens is 2. The van der Waals surface area contributed by atoms with Crippen LogP contribution in [0.4, 0.5) is 8.78 Å². The van der Waals surface area contributed by atoms with Crippen LogP contribution in [0.15, 0.2) is 0 Å². The summed E-state index contributed by atoms with van der Waals surface area (Å²) >= 11 is 0. The van der Waals surface area contributed by atoms with Crippen LogP contribution in [0.5, 0.6) is 0 Å². The molecule has 7 heteroatoms. The zero-order valence-corrected chi connectivity index (χ0v) is 10.3. The number of nitrogens with zero attached hydrogens (tertiary/aromatic N) is 1. The third kappa shape index (κ3) is 4.56. The Kier molecular flexibility index (Phi) is 4.26. The fourth-order valence-electron chi connectivity index (χ4n) is 2.17. The molecule has 1 aliphatic rings. The van der Waals surface area contributed by atoms with E-state index in [1.54, 1.807) is 0 Å². The van der Waals surface area contributed by atoms with Gasteiger partial charge in [0.15, 0.2) is 0 Å². The fourth-order valence-corrected chi connectivity index (χ4v) is 2.17. The van der Waals surface area contributed by atoms with E-state index in [0.717, 1.165) is 0 Å². The standard InChI is InChI=1S/C11H18F2N2O3/c1-10(12,13)6-9(17)15-4-2-3-11(18,7-15)5-8(14)16/h18H,2-7H2,1H3,(H2,14,16). The van der Waals surface area contributed by atoms with E-state index >= 15 is 0 Å². The Balaban J connectivity index is 2.63. The van der Waals surface area contributed by atoms with Crippen LogP contribution in [0.25, 0.3) is 0 Å². The van der Waals surface area contributed by atoms with Crippen molar-refractivity contribution >= 4 is 11.8 Å². The minimum Gasteiger partial charge on any atom is -0.388 e. The van der Waals surface area contributed by atoms with Gasteiger partial charge in [-0.15, -0.1) is 0 Å². The van der Waals surface area contributed by atoms with Gasteiger partial charge < -0.3 is 15.7 Å². The quantitative estimate of drug-likeness (QED) is 0.764. The highest BCUT2D eigenvalue weighted by Gasteiger charge is 2.38. The lowest BCUT2D eigenvalue weighted by atomic mass is 9.89. The SMILES string of the molecule is CC(F)(F)CC(=O)N1CCCC(O)(CC(N)=O)C1. The van der Waals surface area contributed by atoms with Crippen molar-refractivity contribution < 1.29 is 23.5 Å². The highest BCUT2D eigenvalue weighted by Crippen LogP contribution is 2.26. The maximum absolute atomic E-state index is 12.7. The summed E-state index contributed by atoms with van der Waals surface area (Å²) in [4.78, 5) is 23.6. The average Bonchev–Trinajstić information content (AvgIpc) is 2.12. The van der Waals surface area contributed by atoms with Crippen molar-refractivity contribution in [3.63, 3.8) is 0 Å². The lowest BCUT2D eigenvalue weighted by Crippen LogP contribution is -2.52. The maximum Gasteiger partial charge on any atom is 0.254 e. The van der Waals surface area contributed by atoms with Gasteiger partial charge in [-0.1, -0.05) is 0 Å². The highest BCUT2D eigenvalue weighted by molar-refractivity contribution is 5.78. The van der Waals surface area contributed by atoms with Crippen molar-refractivity contribution in [2.45, 2.75) is 44.1 Å². The number of alkyl halides is 2. The number of likely N-dealkylation sites (tertiary alicyclic amines) is 1. The summed E-state index contributed by atoms with van der Waals surface area (Å²) in [5, 5.41) is 10.1. The molecule has 1 atom stereocenters. The van der Waals surface area contributed by atoms with Gasteiger partial charge in [-0.3, -0.25) is 9.59 Å². The molecule has 0 aromatic carbocycles.